The smallest absolute Gasteiger partial charge is 0.201 e. The van der Waals surface area contributed by atoms with Crippen molar-refractivity contribution in [3.63, 3.8) is 0 Å². The van der Waals surface area contributed by atoms with Crippen LogP contribution in [-0.2, 0) is 0 Å². The van der Waals surface area contributed by atoms with Crippen LogP contribution in [0.2, 0.25) is 0 Å². The average Bonchev–Trinajstić information content (AvgIpc) is 2.68. The predicted octanol–water partition coefficient (Wildman–Crippen LogP) is 3.86. The fourth-order valence-electron chi connectivity index (χ4n) is 3.25. The summed E-state index contributed by atoms with van der Waals surface area (Å²) in [7, 11) is 0. The summed E-state index contributed by atoms with van der Waals surface area (Å²) < 4.78 is 13.8. The van der Waals surface area contributed by atoms with E-state index in [1.165, 1.54) is 31.4 Å². The van der Waals surface area contributed by atoms with Crippen molar-refractivity contribution in [3.8, 4) is 22.8 Å². The van der Waals surface area contributed by atoms with E-state index in [0.29, 0.717) is 5.56 Å². The Labute approximate surface area is 146 Å². The van der Waals surface area contributed by atoms with Gasteiger partial charge in [0.25, 0.3) is 0 Å². The summed E-state index contributed by atoms with van der Waals surface area (Å²) in [5, 5.41) is 19.7. The third-order valence-electron chi connectivity index (χ3n) is 4.64. The van der Waals surface area contributed by atoms with Gasteiger partial charge in [0.15, 0.2) is 16.8 Å². The van der Waals surface area contributed by atoms with Gasteiger partial charge in [-0.05, 0) is 55.7 Å². The second kappa shape index (κ2) is 6.16. The fourth-order valence-corrected chi connectivity index (χ4v) is 3.25. The number of benzene rings is 2. The molecule has 0 saturated carbocycles. The molecule has 0 unspecified atom stereocenters. The Hall–Kier alpha value is -2.95. The number of aromatic hydroxyl groups is 2. The van der Waals surface area contributed by atoms with E-state index >= 15 is 0 Å². The molecule has 3 aromatic rings. The molecule has 0 amide bonds. The molecular formula is C20H19NO4. The number of rotatable bonds is 2. The summed E-state index contributed by atoms with van der Waals surface area (Å²) >= 11 is 0. The first kappa shape index (κ1) is 14.4. The van der Waals surface area contributed by atoms with Crippen LogP contribution >= 0.6 is 0 Å². The van der Waals surface area contributed by atoms with E-state index in [4.69, 9.17) is 5.79 Å². The van der Waals surface area contributed by atoms with Crippen molar-refractivity contribution in [1.29, 1.82) is 0 Å². The topological polar surface area (TPSA) is 73.9 Å². The highest BCUT2D eigenvalue weighted by molar-refractivity contribution is 5.86. The molecule has 0 aliphatic carbocycles. The molecule has 0 spiro atoms. The van der Waals surface area contributed by atoms with Crippen LogP contribution in [0.25, 0.3) is 22.3 Å². The summed E-state index contributed by atoms with van der Waals surface area (Å²) in [6.45, 7) is 2.06. The molecule has 1 fully saturated rings. The molecule has 2 aromatic carbocycles. The van der Waals surface area contributed by atoms with Gasteiger partial charge in [-0.2, -0.15) is 0 Å². The number of piperidine rings is 1. The Kier molecular flexibility index (Phi) is 3.55. The zero-order valence-electron chi connectivity index (χ0n) is 14.7. The van der Waals surface area contributed by atoms with E-state index in [0.717, 1.165) is 18.8 Å². The normalized spacial score (nSPS) is 15.4. The van der Waals surface area contributed by atoms with Gasteiger partial charge in [0.1, 0.15) is 5.76 Å². The van der Waals surface area contributed by atoms with E-state index in [9.17, 15) is 15.0 Å². The highest BCUT2D eigenvalue weighted by atomic mass is 16.4. The predicted molar refractivity (Wildman–Crippen MR) is 97.3 cm³/mol. The summed E-state index contributed by atoms with van der Waals surface area (Å²) in [6, 6.07) is 9.81. The van der Waals surface area contributed by atoms with Crippen LogP contribution in [0.1, 0.15) is 20.6 Å². The average molecular weight is 338 g/mol. The minimum Gasteiger partial charge on any atom is -0.504 e. The van der Waals surface area contributed by atoms with Crippen LogP contribution in [0.3, 0.4) is 0 Å². The van der Waals surface area contributed by atoms with Gasteiger partial charge in [0.05, 0.1) is 6.76 Å². The van der Waals surface area contributed by atoms with Crippen LogP contribution in [-0.4, -0.2) is 23.3 Å². The molecule has 0 radical (unpaired) electrons. The lowest BCUT2D eigenvalue weighted by Crippen LogP contribution is -2.29. The van der Waals surface area contributed by atoms with E-state index in [1.807, 2.05) is 24.3 Å². The lowest BCUT2D eigenvalue weighted by atomic mass is 10.1. The lowest BCUT2D eigenvalue weighted by Gasteiger charge is -2.28. The molecule has 1 aliphatic heterocycles. The minimum absolute atomic E-state index is 0.0685. The maximum Gasteiger partial charge on any atom is 0.201 e. The van der Waals surface area contributed by atoms with Crippen molar-refractivity contribution in [2.75, 3.05) is 18.0 Å². The van der Waals surface area contributed by atoms with Crippen molar-refractivity contribution in [1.82, 2.24) is 0 Å². The Morgan fingerprint density at radius 2 is 1.72 bits per heavy atom. The summed E-state index contributed by atoms with van der Waals surface area (Å²) in [6.07, 6.45) is 3.62. The van der Waals surface area contributed by atoms with Gasteiger partial charge < -0.3 is 19.5 Å². The van der Waals surface area contributed by atoms with Crippen molar-refractivity contribution < 1.29 is 16.0 Å². The molecular weight excluding hydrogens is 318 g/mol. The van der Waals surface area contributed by atoms with Crippen LogP contribution in [0, 0.1) is 0 Å². The number of phenolic OH excluding ortho intramolecular Hbond substituents is 2. The first-order valence-electron chi connectivity index (χ1n) is 8.90. The molecule has 128 valence electrons. The van der Waals surface area contributed by atoms with Gasteiger partial charge >= 0.3 is 0 Å². The van der Waals surface area contributed by atoms with Gasteiger partial charge in [0.2, 0.25) is 5.75 Å². The van der Waals surface area contributed by atoms with Gasteiger partial charge in [0, 0.05) is 30.4 Å². The minimum atomic E-state index is -0.545. The van der Waals surface area contributed by atoms with Crippen molar-refractivity contribution in [2.24, 2.45) is 0 Å². The Morgan fingerprint density at radius 3 is 2.44 bits per heavy atom. The molecule has 5 heteroatoms. The lowest BCUT2D eigenvalue weighted by molar-refractivity contribution is 0.400. The maximum atomic E-state index is 12.5. The summed E-state index contributed by atoms with van der Waals surface area (Å²) in [4.78, 5) is 14.8. The fraction of sp³-hybridized carbons (Fsp3) is 0.250. The van der Waals surface area contributed by atoms with Crippen LogP contribution < -0.4 is 10.3 Å². The van der Waals surface area contributed by atoms with Crippen molar-refractivity contribution in [3.05, 3.63) is 52.7 Å². The van der Waals surface area contributed by atoms with E-state index in [1.54, 1.807) is 0 Å². The first-order valence-corrected chi connectivity index (χ1v) is 8.40. The third-order valence-corrected chi connectivity index (χ3v) is 4.64. The van der Waals surface area contributed by atoms with E-state index in [2.05, 4.69) is 4.90 Å². The van der Waals surface area contributed by atoms with Gasteiger partial charge in [-0.1, -0.05) is 0 Å². The molecule has 1 aliphatic rings. The van der Waals surface area contributed by atoms with Gasteiger partial charge in [-0.15, -0.1) is 0 Å². The quantitative estimate of drug-likeness (QED) is 0.694. The number of nitrogens with zero attached hydrogens (tertiary/aromatic N) is 1. The Morgan fingerprint density at radius 1 is 1.00 bits per heavy atom. The number of hydrogen-bond acceptors (Lipinski definition) is 5. The molecule has 1 saturated heterocycles. The Balaban J connectivity index is 1.80. The molecule has 1 aromatic heterocycles. The molecule has 0 atom stereocenters. The number of phenols is 2. The highest BCUT2D eigenvalue weighted by Gasteiger charge is 2.14. The van der Waals surface area contributed by atoms with Crippen molar-refractivity contribution in [2.45, 2.75) is 19.3 Å². The van der Waals surface area contributed by atoms with Crippen molar-refractivity contribution >= 4 is 16.7 Å². The van der Waals surface area contributed by atoms with E-state index < -0.39 is 11.2 Å². The zero-order valence-corrected chi connectivity index (χ0v) is 13.7. The van der Waals surface area contributed by atoms with Gasteiger partial charge in [-0.25, -0.2) is 0 Å². The molecule has 5 nitrogen and oxygen atoms in total. The highest BCUT2D eigenvalue weighted by Crippen LogP contribution is 2.34. The Bertz CT molecular complexity index is 1020. The molecule has 25 heavy (non-hydrogen) atoms. The third kappa shape index (κ3) is 2.82. The number of fused-ring (bicyclic) bond motifs is 1. The first-order chi connectivity index (χ1) is 12.6. The van der Waals surface area contributed by atoms with Crippen LogP contribution in [0.4, 0.5) is 5.69 Å². The SMILES string of the molecule is [2H]c1c(-c2ccc(N3CCCCC3)cc2)oc2c(O)c(O)ccc2c1=O. The van der Waals surface area contributed by atoms with Gasteiger partial charge in [-0.3, -0.25) is 4.79 Å². The number of anilines is 1. The monoisotopic (exact) mass is 338 g/mol. The van der Waals surface area contributed by atoms with Crippen LogP contribution in [0.15, 0.2) is 51.7 Å². The van der Waals surface area contributed by atoms with Crippen LogP contribution in [0.5, 0.6) is 11.5 Å². The molecule has 4 rings (SSSR count). The molecule has 2 N–H and O–H groups in total. The summed E-state index contributed by atoms with van der Waals surface area (Å²) in [5.41, 5.74) is 1.03. The van der Waals surface area contributed by atoms with E-state index in [-0.39, 0.29) is 28.5 Å². The second-order valence-electron chi connectivity index (χ2n) is 6.29. The zero-order chi connectivity index (χ0) is 18.3. The molecule has 2 heterocycles. The maximum absolute atomic E-state index is 12.5. The second-order valence-corrected chi connectivity index (χ2v) is 6.29. The molecule has 0 bridgehead atoms. The standard InChI is InChI=1S/C20H19NO4/c22-16-9-8-15-17(23)12-18(25-20(15)19(16)24)13-4-6-14(7-5-13)21-10-2-1-3-11-21/h4-9,12,22,24H,1-3,10-11H2/i12D. The summed E-state index contributed by atoms with van der Waals surface area (Å²) in [5.74, 6) is -0.788. The largest absolute Gasteiger partial charge is 0.504 e. The number of hydrogen-bond donors (Lipinski definition) is 2.